The topological polar surface area (TPSA) is 63.4 Å². The number of hydrogen-bond donors (Lipinski definition) is 1. The largest absolute Gasteiger partial charge is 0.399 e. The van der Waals surface area contributed by atoms with Crippen LogP contribution in [0.15, 0.2) is 23.1 Å². The number of amides is 1. The second kappa shape index (κ2) is 6.02. The fraction of sp³-hybridized carbons (Fsp3) is 0.364. The van der Waals surface area contributed by atoms with Crippen LogP contribution in [0, 0.1) is 0 Å². The van der Waals surface area contributed by atoms with Gasteiger partial charge in [0.25, 0.3) is 0 Å². The summed E-state index contributed by atoms with van der Waals surface area (Å²) in [5.41, 5.74) is 6.11. The molecule has 2 N–H and O–H groups in total. The number of carbonyl (C=O) groups excluding carboxylic acids is 1. The number of nitrogens with zero attached hydrogens (tertiary/aromatic N) is 1. The van der Waals surface area contributed by atoms with Gasteiger partial charge in [-0.2, -0.15) is 0 Å². The van der Waals surface area contributed by atoms with E-state index in [-0.39, 0.29) is 18.1 Å². The average Bonchev–Trinajstić information content (AvgIpc) is 2.28. The van der Waals surface area contributed by atoms with E-state index < -0.39 is 10.8 Å². The van der Waals surface area contributed by atoms with Crippen LogP contribution >= 0.6 is 11.6 Å². The molecule has 1 amide bonds. The van der Waals surface area contributed by atoms with Crippen LogP contribution in [-0.4, -0.2) is 34.9 Å². The predicted molar refractivity (Wildman–Crippen MR) is 70.5 cm³/mol. The number of halogens is 1. The van der Waals surface area contributed by atoms with Gasteiger partial charge in [0.05, 0.1) is 20.7 Å². The molecule has 4 nitrogen and oxygen atoms in total. The first-order valence-corrected chi connectivity index (χ1v) is 6.75. The third kappa shape index (κ3) is 4.02. The summed E-state index contributed by atoms with van der Waals surface area (Å²) in [6.07, 6.45) is 0.227. The lowest BCUT2D eigenvalue weighted by Gasteiger charge is -2.10. The van der Waals surface area contributed by atoms with Crippen molar-refractivity contribution in [2.75, 3.05) is 25.6 Å². The molecule has 0 aliphatic rings. The molecule has 0 bridgehead atoms. The second-order valence-corrected chi connectivity index (χ2v) is 5.72. The number of anilines is 1. The van der Waals surface area contributed by atoms with E-state index in [4.69, 9.17) is 17.3 Å². The fourth-order valence-electron chi connectivity index (χ4n) is 1.21. The van der Waals surface area contributed by atoms with E-state index in [1.165, 1.54) is 4.90 Å². The normalized spacial score (nSPS) is 12.2. The monoisotopic (exact) mass is 274 g/mol. The summed E-state index contributed by atoms with van der Waals surface area (Å²) in [6.45, 7) is 0. The molecule has 0 aromatic heterocycles. The number of hydrogen-bond acceptors (Lipinski definition) is 3. The fourth-order valence-corrected chi connectivity index (χ4v) is 2.72. The van der Waals surface area contributed by atoms with Crippen molar-refractivity contribution < 1.29 is 9.00 Å². The van der Waals surface area contributed by atoms with E-state index in [0.717, 1.165) is 0 Å². The van der Waals surface area contributed by atoms with Crippen molar-refractivity contribution >= 4 is 34.0 Å². The van der Waals surface area contributed by atoms with Crippen molar-refractivity contribution in [3.05, 3.63) is 23.2 Å². The highest BCUT2D eigenvalue weighted by atomic mass is 35.5. The minimum atomic E-state index is -1.30. The summed E-state index contributed by atoms with van der Waals surface area (Å²) in [4.78, 5) is 13.3. The molecule has 0 fully saturated rings. The summed E-state index contributed by atoms with van der Waals surface area (Å²) < 4.78 is 11.9. The van der Waals surface area contributed by atoms with Crippen molar-refractivity contribution in [1.82, 2.24) is 4.90 Å². The van der Waals surface area contributed by atoms with Crippen LogP contribution in [0.1, 0.15) is 6.42 Å². The molecule has 0 saturated heterocycles. The summed E-state index contributed by atoms with van der Waals surface area (Å²) >= 11 is 5.92. The smallest absolute Gasteiger partial charge is 0.222 e. The van der Waals surface area contributed by atoms with E-state index in [9.17, 15) is 9.00 Å². The van der Waals surface area contributed by atoms with Crippen molar-refractivity contribution in [2.24, 2.45) is 0 Å². The van der Waals surface area contributed by atoms with Crippen LogP contribution in [-0.2, 0) is 15.6 Å². The zero-order chi connectivity index (χ0) is 13.0. The van der Waals surface area contributed by atoms with Gasteiger partial charge in [-0.05, 0) is 18.2 Å². The first kappa shape index (κ1) is 14.0. The van der Waals surface area contributed by atoms with Gasteiger partial charge in [0.1, 0.15) is 0 Å². The summed E-state index contributed by atoms with van der Waals surface area (Å²) in [6, 6.07) is 4.84. The quantitative estimate of drug-likeness (QED) is 0.847. The van der Waals surface area contributed by atoms with E-state index in [1.807, 2.05) is 0 Å². The summed E-state index contributed by atoms with van der Waals surface area (Å²) in [7, 11) is 2.03. The molecule has 6 heteroatoms. The zero-order valence-corrected chi connectivity index (χ0v) is 11.3. The van der Waals surface area contributed by atoms with Crippen molar-refractivity contribution in [3.63, 3.8) is 0 Å². The Kier molecular flexibility index (Phi) is 4.96. The molecule has 17 heavy (non-hydrogen) atoms. The molecule has 0 aliphatic carbocycles. The van der Waals surface area contributed by atoms with Crippen molar-refractivity contribution in [1.29, 1.82) is 0 Å². The Labute approximate surface area is 108 Å². The first-order valence-electron chi connectivity index (χ1n) is 5.05. The molecule has 0 heterocycles. The Bertz CT molecular complexity index is 449. The minimum absolute atomic E-state index is 0.0571. The highest BCUT2D eigenvalue weighted by Gasteiger charge is 2.12. The van der Waals surface area contributed by atoms with Crippen LogP contribution in [0.25, 0.3) is 0 Å². The number of benzene rings is 1. The molecule has 1 aromatic rings. The molecule has 94 valence electrons. The lowest BCUT2D eigenvalue weighted by Crippen LogP contribution is -2.23. The summed E-state index contributed by atoms with van der Waals surface area (Å²) in [5.74, 6) is 0.193. The van der Waals surface area contributed by atoms with Crippen LogP contribution < -0.4 is 5.73 Å². The highest BCUT2D eigenvalue weighted by molar-refractivity contribution is 7.85. The molecule has 1 aromatic carbocycles. The zero-order valence-electron chi connectivity index (χ0n) is 9.77. The molecule has 1 rings (SSSR count). The highest BCUT2D eigenvalue weighted by Crippen LogP contribution is 2.22. The number of nitrogens with two attached hydrogens (primary N) is 1. The van der Waals surface area contributed by atoms with Crippen LogP contribution in [0.3, 0.4) is 0 Å². The van der Waals surface area contributed by atoms with E-state index in [0.29, 0.717) is 15.6 Å². The lowest BCUT2D eigenvalue weighted by atomic mass is 10.3. The van der Waals surface area contributed by atoms with Gasteiger partial charge in [-0.3, -0.25) is 9.00 Å². The molecular formula is C11H15ClN2O2S. The molecular weight excluding hydrogens is 260 g/mol. The van der Waals surface area contributed by atoms with Gasteiger partial charge < -0.3 is 10.6 Å². The number of rotatable bonds is 4. The van der Waals surface area contributed by atoms with E-state index in [1.54, 1.807) is 32.3 Å². The maximum absolute atomic E-state index is 11.9. The van der Waals surface area contributed by atoms with Crippen LogP contribution in [0.5, 0.6) is 0 Å². The van der Waals surface area contributed by atoms with Gasteiger partial charge in [-0.1, -0.05) is 11.6 Å². The Morgan fingerprint density at radius 1 is 1.47 bits per heavy atom. The van der Waals surface area contributed by atoms with Gasteiger partial charge in [0.15, 0.2) is 0 Å². The molecule has 0 spiro atoms. The van der Waals surface area contributed by atoms with Crippen molar-refractivity contribution in [2.45, 2.75) is 11.3 Å². The molecule has 0 radical (unpaired) electrons. The molecule has 1 atom stereocenters. The Morgan fingerprint density at radius 3 is 2.71 bits per heavy atom. The van der Waals surface area contributed by atoms with Crippen molar-refractivity contribution in [3.8, 4) is 0 Å². The van der Waals surface area contributed by atoms with Crippen LogP contribution in [0.4, 0.5) is 5.69 Å². The third-order valence-electron chi connectivity index (χ3n) is 2.20. The number of nitrogen functional groups attached to an aromatic ring is 1. The molecule has 0 aliphatic heterocycles. The van der Waals surface area contributed by atoms with Crippen LogP contribution in [0.2, 0.25) is 5.02 Å². The third-order valence-corrected chi connectivity index (χ3v) is 4.05. The molecule has 1 unspecified atom stereocenters. The second-order valence-electron chi connectivity index (χ2n) is 3.78. The lowest BCUT2D eigenvalue weighted by molar-refractivity contribution is -0.128. The van der Waals surface area contributed by atoms with Gasteiger partial charge in [-0.25, -0.2) is 0 Å². The number of carbonyl (C=O) groups is 1. The SMILES string of the molecule is CN(C)C(=O)CCS(=O)c1cc(N)ccc1Cl. The summed E-state index contributed by atoms with van der Waals surface area (Å²) in [5, 5.41) is 0.412. The minimum Gasteiger partial charge on any atom is -0.399 e. The Morgan fingerprint density at radius 2 is 2.12 bits per heavy atom. The van der Waals surface area contributed by atoms with E-state index >= 15 is 0 Å². The maximum atomic E-state index is 11.9. The first-order chi connectivity index (χ1) is 7.91. The van der Waals surface area contributed by atoms with Gasteiger partial charge in [0.2, 0.25) is 5.91 Å². The van der Waals surface area contributed by atoms with Gasteiger partial charge in [-0.15, -0.1) is 0 Å². The van der Waals surface area contributed by atoms with E-state index in [2.05, 4.69) is 0 Å². The predicted octanol–water partition coefficient (Wildman–Crippen LogP) is 1.51. The average molecular weight is 275 g/mol. The Hall–Kier alpha value is -1.07. The van der Waals surface area contributed by atoms with Gasteiger partial charge in [0, 0.05) is 32.0 Å². The maximum Gasteiger partial charge on any atom is 0.222 e. The van der Waals surface area contributed by atoms with Gasteiger partial charge >= 0.3 is 0 Å². The Balaban J connectivity index is 2.70. The molecule has 0 saturated carbocycles. The standard InChI is InChI=1S/C11H15ClN2O2S/c1-14(2)11(15)5-6-17(16)10-7-8(13)3-4-9(10)12/h3-4,7H,5-6,13H2,1-2H3.